The first-order valence-corrected chi connectivity index (χ1v) is 10.2. The number of hydrogen-bond acceptors (Lipinski definition) is 4. The molecule has 3 aromatic rings. The van der Waals surface area contributed by atoms with E-state index < -0.39 is 0 Å². The lowest BCUT2D eigenvalue weighted by Gasteiger charge is -2.31. The number of carbonyl (C=O) groups is 1. The number of carbonyl (C=O) groups excluding carboxylic acids is 1. The molecule has 27 heavy (non-hydrogen) atoms. The molecule has 138 valence electrons. The minimum absolute atomic E-state index is 0.0209. The quantitative estimate of drug-likeness (QED) is 0.673. The molecule has 0 atom stereocenters. The molecule has 5 heteroatoms. The highest BCUT2D eigenvalue weighted by Crippen LogP contribution is 2.31. The monoisotopic (exact) mass is 377 g/mol. The number of nitrogens with one attached hydrogen (secondary N) is 1. The molecular formula is C22H23N3OS. The molecule has 1 aliphatic heterocycles. The Hall–Kier alpha value is -2.66. The van der Waals surface area contributed by atoms with Crippen molar-refractivity contribution in [2.75, 3.05) is 24.5 Å². The summed E-state index contributed by atoms with van der Waals surface area (Å²) in [5, 5.41) is 4.16. The lowest BCUT2D eigenvalue weighted by atomic mass is 9.97. The lowest BCUT2D eigenvalue weighted by molar-refractivity contribution is -0.116. The summed E-state index contributed by atoms with van der Waals surface area (Å²) in [5.41, 5.74) is 2.12. The molecule has 0 bridgehead atoms. The van der Waals surface area contributed by atoms with Gasteiger partial charge in [0.05, 0.1) is 10.2 Å². The molecule has 1 saturated heterocycles. The topological polar surface area (TPSA) is 45.2 Å². The zero-order valence-electron chi connectivity index (χ0n) is 15.2. The van der Waals surface area contributed by atoms with Gasteiger partial charge in [-0.05, 0) is 42.5 Å². The Labute approximate surface area is 163 Å². The van der Waals surface area contributed by atoms with Crippen molar-refractivity contribution in [1.82, 2.24) is 10.3 Å². The fourth-order valence-electron chi connectivity index (χ4n) is 3.36. The average molecular weight is 378 g/mol. The molecule has 1 N–H and O–H groups in total. The van der Waals surface area contributed by atoms with Crippen LogP contribution in [0.25, 0.3) is 16.3 Å². The molecule has 0 saturated carbocycles. The molecule has 0 radical (unpaired) electrons. The van der Waals surface area contributed by atoms with E-state index in [0.717, 1.165) is 48.7 Å². The molecule has 2 heterocycles. The average Bonchev–Trinajstić information content (AvgIpc) is 3.16. The van der Waals surface area contributed by atoms with Crippen molar-refractivity contribution in [2.45, 2.75) is 12.8 Å². The maximum absolute atomic E-state index is 12.0. The van der Waals surface area contributed by atoms with Gasteiger partial charge in [0.1, 0.15) is 0 Å². The summed E-state index contributed by atoms with van der Waals surface area (Å²) in [7, 11) is 0. The van der Waals surface area contributed by atoms with Crippen LogP contribution in [0.4, 0.5) is 5.13 Å². The van der Waals surface area contributed by atoms with E-state index in [0.29, 0.717) is 5.92 Å². The third-order valence-corrected chi connectivity index (χ3v) is 6.06. The van der Waals surface area contributed by atoms with Gasteiger partial charge in [0.15, 0.2) is 5.13 Å². The third kappa shape index (κ3) is 4.55. The van der Waals surface area contributed by atoms with Gasteiger partial charge in [-0.15, -0.1) is 0 Å². The minimum Gasteiger partial charge on any atom is -0.352 e. The van der Waals surface area contributed by atoms with Crippen LogP contribution in [0.5, 0.6) is 0 Å². The Morgan fingerprint density at radius 3 is 2.63 bits per heavy atom. The predicted molar refractivity (Wildman–Crippen MR) is 113 cm³/mol. The highest BCUT2D eigenvalue weighted by Gasteiger charge is 2.21. The Morgan fingerprint density at radius 2 is 1.85 bits per heavy atom. The van der Waals surface area contributed by atoms with E-state index in [2.05, 4.69) is 28.4 Å². The molecule has 4 nitrogen and oxygen atoms in total. The Balaban J connectivity index is 1.24. The van der Waals surface area contributed by atoms with E-state index >= 15 is 0 Å². The zero-order chi connectivity index (χ0) is 18.5. The van der Waals surface area contributed by atoms with Crippen molar-refractivity contribution in [2.24, 2.45) is 5.92 Å². The normalized spacial score (nSPS) is 15.5. The Bertz CT molecular complexity index is 894. The summed E-state index contributed by atoms with van der Waals surface area (Å²) in [6, 6.07) is 18.2. The van der Waals surface area contributed by atoms with Crippen molar-refractivity contribution in [3.05, 3.63) is 66.2 Å². The minimum atomic E-state index is -0.0209. The Morgan fingerprint density at radius 1 is 1.11 bits per heavy atom. The molecule has 0 spiro atoms. The first kappa shape index (κ1) is 17.7. The van der Waals surface area contributed by atoms with Crippen LogP contribution >= 0.6 is 11.3 Å². The van der Waals surface area contributed by atoms with Crippen LogP contribution < -0.4 is 10.2 Å². The number of anilines is 1. The fourth-order valence-corrected chi connectivity index (χ4v) is 4.38. The van der Waals surface area contributed by atoms with Gasteiger partial charge < -0.3 is 10.2 Å². The summed E-state index contributed by atoms with van der Waals surface area (Å²) in [6.45, 7) is 2.74. The van der Waals surface area contributed by atoms with E-state index in [-0.39, 0.29) is 5.91 Å². The van der Waals surface area contributed by atoms with E-state index in [1.807, 2.05) is 42.5 Å². The smallest absolute Gasteiger partial charge is 0.244 e. The maximum atomic E-state index is 12.0. The number of amides is 1. The number of piperidine rings is 1. The number of benzene rings is 2. The van der Waals surface area contributed by atoms with Crippen molar-refractivity contribution >= 4 is 38.7 Å². The predicted octanol–water partition coefficient (Wildman–Crippen LogP) is 4.34. The second-order valence-electron chi connectivity index (χ2n) is 6.88. The number of nitrogens with zero attached hydrogens (tertiary/aromatic N) is 2. The highest BCUT2D eigenvalue weighted by molar-refractivity contribution is 7.22. The van der Waals surface area contributed by atoms with Gasteiger partial charge in [0, 0.05) is 25.7 Å². The van der Waals surface area contributed by atoms with Crippen LogP contribution in [0.15, 0.2) is 60.7 Å². The number of hydrogen-bond donors (Lipinski definition) is 1. The summed E-state index contributed by atoms with van der Waals surface area (Å²) < 4.78 is 1.24. The van der Waals surface area contributed by atoms with Gasteiger partial charge in [-0.1, -0.05) is 53.8 Å². The fraction of sp³-hybridized carbons (Fsp3) is 0.273. The number of fused-ring (bicyclic) bond motifs is 1. The van der Waals surface area contributed by atoms with Crippen LogP contribution in [-0.4, -0.2) is 30.5 Å². The van der Waals surface area contributed by atoms with Crippen LogP contribution in [0.3, 0.4) is 0 Å². The second-order valence-corrected chi connectivity index (χ2v) is 7.89. The molecule has 4 rings (SSSR count). The van der Waals surface area contributed by atoms with Crippen LogP contribution in [0.1, 0.15) is 18.4 Å². The first-order chi connectivity index (χ1) is 13.3. The summed E-state index contributed by atoms with van der Waals surface area (Å²) in [5.74, 6) is 0.511. The molecule has 1 amide bonds. The molecule has 0 unspecified atom stereocenters. The van der Waals surface area contributed by atoms with Crippen molar-refractivity contribution < 1.29 is 4.79 Å². The van der Waals surface area contributed by atoms with E-state index in [9.17, 15) is 4.79 Å². The third-order valence-electron chi connectivity index (χ3n) is 4.96. The molecule has 1 aliphatic rings. The van der Waals surface area contributed by atoms with Crippen molar-refractivity contribution in [3.63, 3.8) is 0 Å². The van der Waals surface area contributed by atoms with Gasteiger partial charge in [-0.3, -0.25) is 4.79 Å². The second kappa shape index (κ2) is 8.35. The van der Waals surface area contributed by atoms with Crippen molar-refractivity contribution in [3.8, 4) is 0 Å². The summed E-state index contributed by atoms with van der Waals surface area (Å²) >= 11 is 1.76. The van der Waals surface area contributed by atoms with E-state index in [4.69, 9.17) is 4.98 Å². The Kier molecular flexibility index (Phi) is 5.49. The zero-order valence-corrected chi connectivity index (χ0v) is 16.0. The first-order valence-electron chi connectivity index (χ1n) is 9.39. The van der Waals surface area contributed by atoms with E-state index in [1.54, 1.807) is 17.4 Å². The molecule has 1 fully saturated rings. The van der Waals surface area contributed by atoms with E-state index in [1.165, 1.54) is 4.70 Å². The lowest BCUT2D eigenvalue weighted by Crippen LogP contribution is -2.38. The number of aromatic nitrogens is 1. The summed E-state index contributed by atoms with van der Waals surface area (Å²) in [4.78, 5) is 19.2. The number of rotatable bonds is 5. The van der Waals surface area contributed by atoms with Crippen molar-refractivity contribution in [1.29, 1.82) is 0 Å². The van der Waals surface area contributed by atoms with Gasteiger partial charge in [-0.2, -0.15) is 0 Å². The highest BCUT2D eigenvalue weighted by atomic mass is 32.1. The van der Waals surface area contributed by atoms with Gasteiger partial charge in [0.2, 0.25) is 5.91 Å². The SMILES string of the molecule is O=C(/C=C/c1ccccc1)NCC1CCN(c2nc3ccccc3s2)CC1. The number of para-hydroxylation sites is 1. The largest absolute Gasteiger partial charge is 0.352 e. The maximum Gasteiger partial charge on any atom is 0.244 e. The molecule has 2 aromatic carbocycles. The summed E-state index contributed by atoms with van der Waals surface area (Å²) in [6.07, 6.45) is 5.63. The molecule has 0 aliphatic carbocycles. The standard InChI is InChI=1S/C22H23N3OS/c26-21(11-10-17-6-2-1-3-7-17)23-16-18-12-14-25(15-13-18)22-24-19-8-4-5-9-20(19)27-22/h1-11,18H,12-16H2,(H,23,26)/b11-10+. The number of thiazole rings is 1. The van der Waals surface area contributed by atoms with Gasteiger partial charge in [0.25, 0.3) is 0 Å². The van der Waals surface area contributed by atoms with Gasteiger partial charge >= 0.3 is 0 Å². The molecule has 1 aromatic heterocycles. The van der Waals surface area contributed by atoms with Gasteiger partial charge in [-0.25, -0.2) is 4.98 Å². The van der Waals surface area contributed by atoms with Crippen LogP contribution in [0, 0.1) is 5.92 Å². The van der Waals surface area contributed by atoms with Crippen LogP contribution in [-0.2, 0) is 4.79 Å². The van der Waals surface area contributed by atoms with Crippen LogP contribution in [0.2, 0.25) is 0 Å². The molecular weight excluding hydrogens is 354 g/mol.